The van der Waals surface area contributed by atoms with Gasteiger partial charge in [-0.25, -0.2) is 14.8 Å². The second-order valence-electron chi connectivity index (χ2n) is 5.06. The lowest BCUT2D eigenvalue weighted by atomic mass is 10.1. The Morgan fingerprint density at radius 2 is 2.04 bits per heavy atom. The number of esters is 1. The largest absolute Gasteiger partial charge is 0.494 e. The Hall–Kier alpha value is -2.38. The summed E-state index contributed by atoms with van der Waals surface area (Å²) in [7, 11) is 0. The molecule has 1 aromatic carbocycles. The fourth-order valence-corrected chi connectivity index (χ4v) is 3.58. The predicted octanol–water partition coefficient (Wildman–Crippen LogP) is 4.17. The number of nitrogen functional groups attached to an aromatic ring is 1. The van der Waals surface area contributed by atoms with Crippen LogP contribution < -0.4 is 10.5 Å². The number of nitrogens with two attached hydrogens (primary N) is 1. The number of hydrogen-bond acceptors (Lipinski definition) is 7. The minimum Gasteiger partial charge on any atom is -0.494 e. The van der Waals surface area contributed by atoms with Gasteiger partial charge in [-0.1, -0.05) is 11.6 Å². The maximum absolute atomic E-state index is 12.0. The Balaban J connectivity index is 2.14. The summed E-state index contributed by atoms with van der Waals surface area (Å²) in [6.45, 7) is 4.51. The van der Waals surface area contributed by atoms with Gasteiger partial charge in [-0.2, -0.15) is 0 Å². The molecule has 0 radical (unpaired) electrons. The van der Waals surface area contributed by atoms with Crippen molar-refractivity contribution < 1.29 is 14.3 Å². The number of ether oxygens (including phenoxy) is 2. The maximum atomic E-state index is 12.0. The van der Waals surface area contributed by atoms with E-state index in [2.05, 4.69) is 9.97 Å². The van der Waals surface area contributed by atoms with Crippen LogP contribution in [0.2, 0.25) is 5.02 Å². The van der Waals surface area contributed by atoms with Gasteiger partial charge in [0.1, 0.15) is 15.5 Å². The van der Waals surface area contributed by atoms with E-state index in [9.17, 15) is 4.79 Å². The number of anilines is 1. The van der Waals surface area contributed by atoms with Crippen LogP contribution in [0, 0.1) is 0 Å². The van der Waals surface area contributed by atoms with E-state index in [1.807, 2.05) is 19.1 Å². The molecule has 2 heterocycles. The Kier molecular flexibility index (Phi) is 5.06. The molecule has 3 aromatic rings. The van der Waals surface area contributed by atoms with Crippen LogP contribution in [0.1, 0.15) is 23.5 Å². The number of carbonyl (C=O) groups excluding carboxylic acids is 1. The minimum atomic E-state index is -0.396. The lowest BCUT2D eigenvalue weighted by molar-refractivity contribution is 0.0532. The molecule has 0 unspecified atom stereocenters. The van der Waals surface area contributed by atoms with E-state index in [0.29, 0.717) is 50.3 Å². The average Bonchev–Trinajstić information content (AvgIpc) is 2.99. The second kappa shape index (κ2) is 7.25. The van der Waals surface area contributed by atoms with Crippen LogP contribution in [-0.4, -0.2) is 29.2 Å². The topological polar surface area (TPSA) is 87.3 Å². The van der Waals surface area contributed by atoms with Crippen LogP contribution in [0.15, 0.2) is 24.3 Å². The molecule has 0 saturated heterocycles. The third-order valence-corrected chi connectivity index (χ3v) is 4.72. The van der Waals surface area contributed by atoms with E-state index in [0.717, 1.165) is 0 Å². The van der Waals surface area contributed by atoms with E-state index in [4.69, 9.17) is 26.8 Å². The highest BCUT2D eigenvalue weighted by molar-refractivity contribution is 7.20. The Morgan fingerprint density at radius 3 is 2.72 bits per heavy atom. The van der Waals surface area contributed by atoms with Gasteiger partial charge in [-0.15, -0.1) is 11.3 Å². The van der Waals surface area contributed by atoms with Crippen molar-refractivity contribution in [1.29, 1.82) is 0 Å². The first kappa shape index (κ1) is 17.4. The third-order valence-electron chi connectivity index (χ3n) is 3.39. The molecule has 2 N–H and O–H groups in total. The molecule has 25 heavy (non-hydrogen) atoms. The molecule has 0 bridgehead atoms. The molecule has 3 rings (SSSR count). The number of rotatable bonds is 5. The lowest BCUT2D eigenvalue weighted by Gasteiger charge is -2.09. The number of carbonyl (C=O) groups is 1. The van der Waals surface area contributed by atoms with Crippen LogP contribution in [0.4, 0.5) is 5.95 Å². The van der Waals surface area contributed by atoms with Gasteiger partial charge in [-0.3, -0.25) is 0 Å². The molecule has 0 atom stereocenters. The third kappa shape index (κ3) is 3.52. The van der Waals surface area contributed by atoms with Crippen molar-refractivity contribution >= 4 is 45.1 Å². The second-order valence-corrected chi connectivity index (χ2v) is 6.49. The molecule has 0 amide bonds. The number of benzene rings is 1. The SMILES string of the molecule is CCOC(=O)c1cc2c(-c3ccc(OCC)cc3Cl)nc(N)nc2s1. The summed E-state index contributed by atoms with van der Waals surface area (Å²) in [5.41, 5.74) is 7.10. The number of nitrogens with zero attached hydrogens (tertiary/aromatic N) is 2. The fraction of sp³-hybridized carbons (Fsp3) is 0.235. The van der Waals surface area contributed by atoms with E-state index in [-0.39, 0.29) is 5.95 Å². The Morgan fingerprint density at radius 1 is 1.24 bits per heavy atom. The lowest BCUT2D eigenvalue weighted by Crippen LogP contribution is -2.01. The molecule has 8 heteroatoms. The summed E-state index contributed by atoms with van der Waals surface area (Å²) in [4.78, 5) is 21.6. The van der Waals surface area contributed by atoms with Gasteiger partial charge >= 0.3 is 5.97 Å². The molecular weight excluding hydrogens is 362 g/mol. The van der Waals surface area contributed by atoms with Crippen molar-refractivity contribution in [2.45, 2.75) is 13.8 Å². The fourth-order valence-electron chi connectivity index (χ4n) is 2.39. The number of fused-ring (bicyclic) bond motifs is 1. The zero-order valence-electron chi connectivity index (χ0n) is 13.7. The predicted molar refractivity (Wildman–Crippen MR) is 99.4 cm³/mol. The zero-order chi connectivity index (χ0) is 18.0. The summed E-state index contributed by atoms with van der Waals surface area (Å²) in [6, 6.07) is 7.06. The maximum Gasteiger partial charge on any atom is 0.348 e. The first-order chi connectivity index (χ1) is 12.0. The molecule has 6 nitrogen and oxygen atoms in total. The van der Waals surface area contributed by atoms with Gasteiger partial charge in [0.05, 0.1) is 23.9 Å². The first-order valence-electron chi connectivity index (χ1n) is 7.70. The van der Waals surface area contributed by atoms with Gasteiger partial charge < -0.3 is 15.2 Å². The van der Waals surface area contributed by atoms with Crippen molar-refractivity contribution in [3.8, 4) is 17.0 Å². The van der Waals surface area contributed by atoms with Crippen LogP contribution in [0.3, 0.4) is 0 Å². The molecule has 130 valence electrons. The number of aromatic nitrogens is 2. The molecule has 0 spiro atoms. The molecule has 2 aromatic heterocycles. The quantitative estimate of drug-likeness (QED) is 0.671. The standard InChI is InChI=1S/C17H16ClN3O3S/c1-3-23-9-5-6-10(12(18)7-9)14-11-8-13(16(22)24-4-2)25-15(11)21-17(19)20-14/h5-8H,3-4H2,1-2H3,(H2,19,20,21). The molecular formula is C17H16ClN3O3S. The average molecular weight is 378 g/mol. The van der Waals surface area contributed by atoms with Crippen LogP contribution in [0.25, 0.3) is 21.5 Å². The van der Waals surface area contributed by atoms with E-state index in [1.165, 1.54) is 11.3 Å². The first-order valence-corrected chi connectivity index (χ1v) is 8.89. The van der Waals surface area contributed by atoms with Crippen molar-refractivity contribution in [3.63, 3.8) is 0 Å². The van der Waals surface area contributed by atoms with Crippen LogP contribution in [0.5, 0.6) is 5.75 Å². The van der Waals surface area contributed by atoms with Crippen molar-refractivity contribution in [2.24, 2.45) is 0 Å². The molecule has 0 aliphatic carbocycles. The summed E-state index contributed by atoms with van der Waals surface area (Å²) in [5, 5.41) is 1.18. The van der Waals surface area contributed by atoms with E-state index >= 15 is 0 Å². The molecule has 0 aliphatic rings. The normalized spacial score (nSPS) is 10.8. The summed E-state index contributed by atoms with van der Waals surface area (Å²) < 4.78 is 10.5. The molecule has 0 aliphatic heterocycles. The number of hydrogen-bond donors (Lipinski definition) is 1. The minimum absolute atomic E-state index is 0.115. The van der Waals surface area contributed by atoms with Crippen LogP contribution >= 0.6 is 22.9 Å². The zero-order valence-corrected chi connectivity index (χ0v) is 15.3. The summed E-state index contributed by atoms with van der Waals surface area (Å²) in [5.74, 6) is 0.393. The van der Waals surface area contributed by atoms with Crippen molar-refractivity contribution in [2.75, 3.05) is 18.9 Å². The number of thiophene rings is 1. The van der Waals surface area contributed by atoms with Crippen molar-refractivity contribution in [3.05, 3.63) is 34.2 Å². The van der Waals surface area contributed by atoms with Crippen LogP contribution in [-0.2, 0) is 4.74 Å². The van der Waals surface area contributed by atoms with Gasteiger partial charge in [0.15, 0.2) is 0 Å². The van der Waals surface area contributed by atoms with E-state index in [1.54, 1.807) is 19.1 Å². The highest BCUT2D eigenvalue weighted by atomic mass is 35.5. The van der Waals surface area contributed by atoms with Gasteiger partial charge in [0.25, 0.3) is 0 Å². The van der Waals surface area contributed by atoms with Gasteiger partial charge in [0, 0.05) is 10.9 Å². The highest BCUT2D eigenvalue weighted by Gasteiger charge is 2.18. The summed E-state index contributed by atoms with van der Waals surface area (Å²) in [6.07, 6.45) is 0. The van der Waals surface area contributed by atoms with Crippen molar-refractivity contribution in [1.82, 2.24) is 9.97 Å². The molecule has 0 saturated carbocycles. The number of halogens is 1. The molecule has 0 fully saturated rings. The van der Waals surface area contributed by atoms with E-state index < -0.39 is 5.97 Å². The van der Waals surface area contributed by atoms with Gasteiger partial charge in [-0.05, 0) is 38.1 Å². The highest BCUT2D eigenvalue weighted by Crippen LogP contribution is 2.37. The Bertz CT molecular complexity index is 942. The van der Waals surface area contributed by atoms with Gasteiger partial charge in [0.2, 0.25) is 5.95 Å². The Labute approximate surface area is 153 Å². The smallest absolute Gasteiger partial charge is 0.348 e. The summed E-state index contributed by atoms with van der Waals surface area (Å²) >= 11 is 7.61. The monoisotopic (exact) mass is 377 g/mol.